The average molecular weight is 402 g/mol. The van der Waals surface area contributed by atoms with Crippen LogP contribution in [0.3, 0.4) is 0 Å². The number of anilines is 1. The number of rotatable bonds is 11. The number of aliphatic hydroxyl groups is 2. The van der Waals surface area contributed by atoms with Gasteiger partial charge in [0.25, 0.3) is 0 Å². The maximum absolute atomic E-state index is 11.0. The van der Waals surface area contributed by atoms with Crippen molar-refractivity contribution < 1.29 is 19.7 Å². The average Bonchev–Trinajstić information content (AvgIpc) is 2.75. The molecular weight excluding hydrogens is 372 g/mol. The zero-order chi connectivity index (χ0) is 20.4. The van der Waals surface area contributed by atoms with Crippen molar-refractivity contribution in [1.29, 1.82) is 0 Å². The summed E-state index contributed by atoms with van der Waals surface area (Å²) in [6.07, 6.45) is 6.76. The second kappa shape index (κ2) is 11.1. The van der Waals surface area contributed by atoms with Gasteiger partial charge in [0, 0.05) is 38.6 Å². The van der Waals surface area contributed by atoms with Crippen LogP contribution in [0.1, 0.15) is 18.4 Å². The van der Waals surface area contributed by atoms with Crippen LogP contribution in [0, 0.1) is 0 Å². The number of hydrogen-bond acceptors (Lipinski definition) is 8. The highest BCUT2D eigenvalue weighted by Crippen LogP contribution is 2.24. The molecule has 1 saturated heterocycles. The van der Waals surface area contributed by atoms with Crippen molar-refractivity contribution in [3.05, 3.63) is 48.4 Å². The van der Waals surface area contributed by atoms with Crippen molar-refractivity contribution in [1.82, 2.24) is 15.3 Å². The molecule has 0 aliphatic carbocycles. The van der Waals surface area contributed by atoms with Crippen molar-refractivity contribution in [2.75, 3.05) is 51.0 Å². The fourth-order valence-electron chi connectivity index (χ4n) is 3.43. The molecule has 1 aliphatic heterocycles. The molecule has 1 aromatic carbocycles. The molecule has 0 spiro atoms. The molecule has 0 saturated carbocycles. The van der Waals surface area contributed by atoms with Crippen LogP contribution in [0.15, 0.2) is 42.9 Å². The van der Waals surface area contributed by atoms with Crippen molar-refractivity contribution in [3.8, 4) is 5.75 Å². The van der Waals surface area contributed by atoms with Crippen LogP contribution in [0.4, 0.5) is 5.82 Å². The normalized spacial score (nSPS) is 19.3. The van der Waals surface area contributed by atoms with E-state index in [1.165, 1.54) is 0 Å². The maximum Gasteiger partial charge on any atom is 0.147 e. The summed E-state index contributed by atoms with van der Waals surface area (Å²) >= 11 is 0. The molecule has 0 radical (unpaired) electrons. The Morgan fingerprint density at radius 3 is 2.76 bits per heavy atom. The predicted octanol–water partition coefficient (Wildman–Crippen LogP) is 0.985. The van der Waals surface area contributed by atoms with Crippen LogP contribution in [-0.2, 0) is 11.3 Å². The number of aromatic nitrogens is 2. The summed E-state index contributed by atoms with van der Waals surface area (Å²) in [5.74, 6) is 1.59. The van der Waals surface area contributed by atoms with Gasteiger partial charge < -0.3 is 29.9 Å². The summed E-state index contributed by atoms with van der Waals surface area (Å²) in [5.41, 5.74) is 0.340. The molecule has 0 amide bonds. The van der Waals surface area contributed by atoms with E-state index in [1.54, 1.807) is 18.6 Å². The van der Waals surface area contributed by atoms with Crippen molar-refractivity contribution >= 4 is 5.82 Å². The van der Waals surface area contributed by atoms with Gasteiger partial charge in [-0.3, -0.25) is 4.98 Å². The first-order valence-electron chi connectivity index (χ1n) is 10.0. The summed E-state index contributed by atoms with van der Waals surface area (Å²) < 4.78 is 10.8. The van der Waals surface area contributed by atoms with Crippen LogP contribution in [0.5, 0.6) is 5.75 Å². The Morgan fingerprint density at radius 1 is 1.14 bits per heavy atom. The summed E-state index contributed by atoms with van der Waals surface area (Å²) in [4.78, 5) is 10.6. The van der Waals surface area contributed by atoms with E-state index in [0.29, 0.717) is 39.5 Å². The van der Waals surface area contributed by atoms with Crippen molar-refractivity contribution in [3.63, 3.8) is 0 Å². The predicted molar refractivity (Wildman–Crippen MR) is 110 cm³/mol. The van der Waals surface area contributed by atoms with E-state index in [-0.39, 0.29) is 6.61 Å². The molecule has 1 unspecified atom stereocenters. The molecule has 1 aromatic heterocycles. The minimum absolute atomic E-state index is 0.0230. The molecule has 3 rings (SSSR count). The van der Waals surface area contributed by atoms with E-state index in [9.17, 15) is 5.11 Å². The van der Waals surface area contributed by atoms with Gasteiger partial charge in [0.15, 0.2) is 0 Å². The number of nitrogens with one attached hydrogen (secondary N) is 1. The smallest absolute Gasteiger partial charge is 0.147 e. The van der Waals surface area contributed by atoms with E-state index in [0.717, 1.165) is 36.5 Å². The lowest BCUT2D eigenvalue weighted by Gasteiger charge is -2.39. The van der Waals surface area contributed by atoms with E-state index in [2.05, 4.69) is 20.2 Å². The van der Waals surface area contributed by atoms with E-state index >= 15 is 0 Å². The lowest BCUT2D eigenvalue weighted by atomic mass is 9.92. The molecule has 2 aromatic rings. The fraction of sp³-hybridized carbons (Fsp3) is 0.524. The van der Waals surface area contributed by atoms with Gasteiger partial charge in [-0.05, 0) is 30.5 Å². The molecule has 1 fully saturated rings. The van der Waals surface area contributed by atoms with Gasteiger partial charge in [-0.15, -0.1) is 0 Å². The van der Waals surface area contributed by atoms with Gasteiger partial charge in [0.05, 0.1) is 31.6 Å². The first kappa shape index (κ1) is 21.4. The molecule has 3 N–H and O–H groups in total. The Morgan fingerprint density at radius 2 is 2.00 bits per heavy atom. The van der Waals surface area contributed by atoms with Crippen molar-refractivity contribution in [2.45, 2.75) is 25.0 Å². The monoisotopic (exact) mass is 402 g/mol. The van der Waals surface area contributed by atoms with Crippen molar-refractivity contribution in [2.24, 2.45) is 0 Å². The van der Waals surface area contributed by atoms with E-state index in [4.69, 9.17) is 14.6 Å². The number of hydrogen-bond donors (Lipinski definition) is 3. The number of aliphatic hydroxyl groups excluding tert-OH is 1. The van der Waals surface area contributed by atoms with Gasteiger partial charge in [0.2, 0.25) is 0 Å². The Hall–Kier alpha value is -2.26. The maximum atomic E-state index is 11.0. The fourth-order valence-corrected chi connectivity index (χ4v) is 3.43. The summed E-state index contributed by atoms with van der Waals surface area (Å²) in [7, 11) is 0. The van der Waals surface area contributed by atoms with Crippen LogP contribution >= 0.6 is 0 Å². The SMILES string of the molecule is OCCOCCOc1ccc(CNCC2(O)CCCN(c3cnccn3)C2)cc1. The quantitative estimate of drug-likeness (QED) is 0.479. The third-order valence-corrected chi connectivity index (χ3v) is 4.87. The lowest BCUT2D eigenvalue weighted by molar-refractivity contribution is 0.0258. The molecule has 0 bridgehead atoms. The molecule has 29 heavy (non-hydrogen) atoms. The zero-order valence-electron chi connectivity index (χ0n) is 16.7. The molecule has 2 heterocycles. The standard InChI is InChI=1S/C21H30N4O4/c26-10-11-28-12-13-29-19-4-2-18(3-5-19)14-23-16-21(27)6-1-9-25(17-21)20-15-22-7-8-24-20/h2-5,7-8,15,23,26-27H,1,6,9-14,16-17H2. The minimum Gasteiger partial charge on any atom is -0.491 e. The third-order valence-electron chi connectivity index (χ3n) is 4.87. The topological polar surface area (TPSA) is 100.0 Å². The summed E-state index contributed by atoms with van der Waals surface area (Å²) in [6, 6.07) is 7.86. The van der Waals surface area contributed by atoms with Crippen LogP contribution < -0.4 is 15.0 Å². The first-order chi connectivity index (χ1) is 14.2. The van der Waals surface area contributed by atoms with Crippen LogP contribution in [0.25, 0.3) is 0 Å². The summed E-state index contributed by atoms with van der Waals surface area (Å²) in [6.45, 7) is 3.88. The molecule has 1 atom stereocenters. The first-order valence-corrected chi connectivity index (χ1v) is 10.0. The Bertz CT molecular complexity index is 716. The van der Waals surface area contributed by atoms with Crippen LogP contribution in [0.2, 0.25) is 0 Å². The molecule has 8 nitrogen and oxygen atoms in total. The second-order valence-electron chi connectivity index (χ2n) is 7.25. The second-order valence-corrected chi connectivity index (χ2v) is 7.25. The zero-order valence-corrected chi connectivity index (χ0v) is 16.7. The van der Waals surface area contributed by atoms with E-state index < -0.39 is 5.60 Å². The number of piperidine rings is 1. The Kier molecular flexibility index (Phi) is 8.18. The Labute approximate surface area is 171 Å². The number of ether oxygens (including phenoxy) is 2. The molecular formula is C21H30N4O4. The lowest BCUT2D eigenvalue weighted by Crippen LogP contribution is -2.53. The van der Waals surface area contributed by atoms with Gasteiger partial charge in [-0.2, -0.15) is 0 Å². The van der Waals surface area contributed by atoms with Gasteiger partial charge in [-0.25, -0.2) is 4.98 Å². The largest absolute Gasteiger partial charge is 0.491 e. The van der Waals surface area contributed by atoms with Crippen LogP contribution in [-0.4, -0.2) is 71.8 Å². The number of benzene rings is 1. The molecule has 1 aliphatic rings. The summed E-state index contributed by atoms with van der Waals surface area (Å²) in [5, 5.41) is 23.0. The van der Waals surface area contributed by atoms with Gasteiger partial charge in [0.1, 0.15) is 18.2 Å². The Balaban J connectivity index is 1.41. The highest BCUT2D eigenvalue weighted by atomic mass is 16.5. The van der Waals surface area contributed by atoms with Gasteiger partial charge in [-0.1, -0.05) is 12.1 Å². The third kappa shape index (κ3) is 6.93. The van der Waals surface area contributed by atoms with E-state index in [1.807, 2.05) is 24.3 Å². The highest BCUT2D eigenvalue weighted by molar-refractivity contribution is 5.36. The number of β-amino-alcohol motifs (C(OH)–C–C–N with tert-alkyl or cyclic N) is 1. The highest BCUT2D eigenvalue weighted by Gasteiger charge is 2.33. The molecule has 158 valence electrons. The van der Waals surface area contributed by atoms with Gasteiger partial charge >= 0.3 is 0 Å². The molecule has 8 heteroatoms. The minimum atomic E-state index is -0.784. The number of nitrogens with zero attached hydrogens (tertiary/aromatic N) is 3.